The quantitative estimate of drug-likeness (QED) is 0.513. The van der Waals surface area contributed by atoms with E-state index < -0.39 is 6.29 Å². The summed E-state index contributed by atoms with van der Waals surface area (Å²) in [5.74, 6) is 1.17. The monoisotopic (exact) mass is 513 g/mol. The predicted molar refractivity (Wildman–Crippen MR) is 132 cm³/mol. The number of nitrogens with zero attached hydrogens (tertiary/aromatic N) is 7. The van der Waals surface area contributed by atoms with E-state index in [2.05, 4.69) is 44.2 Å². The Morgan fingerprint density at radius 2 is 1.92 bits per heavy atom. The minimum atomic E-state index is -3.65. The van der Waals surface area contributed by atoms with Gasteiger partial charge in [-0.3, -0.25) is 9.47 Å². The summed E-state index contributed by atoms with van der Waals surface area (Å²) in [5, 5.41) is 9.28. The van der Waals surface area contributed by atoms with Gasteiger partial charge in [0.05, 0.1) is 12.5 Å². The van der Waals surface area contributed by atoms with Gasteiger partial charge in [-0.05, 0) is 45.4 Å². The van der Waals surface area contributed by atoms with Gasteiger partial charge in [-0.25, -0.2) is 9.78 Å². The standard InChI is InChI=1S/C25H29F2N7O3/c1-6-32-20(9-10-28)29-21-22(30-24(35)31(5)23(21)32)34-13-14(2)33(12-15(34)3)16(4)17-7-8-18-19(11-17)37-25(26,27)36-18/h7-8,11,14-16H,6,9,12-13H2,1-5H3/t14-,15+,16?/m1/s1. The molecule has 0 saturated carbocycles. The van der Waals surface area contributed by atoms with Crippen molar-refractivity contribution in [3.8, 4) is 17.6 Å². The van der Waals surface area contributed by atoms with Crippen molar-refractivity contribution in [2.24, 2.45) is 7.05 Å². The van der Waals surface area contributed by atoms with E-state index in [-0.39, 0.29) is 41.7 Å². The molecule has 1 aromatic carbocycles. The number of aromatic nitrogens is 4. The lowest BCUT2D eigenvalue weighted by Crippen LogP contribution is -2.57. The number of hydrogen-bond acceptors (Lipinski definition) is 8. The van der Waals surface area contributed by atoms with Gasteiger partial charge in [0, 0.05) is 44.8 Å². The first-order chi connectivity index (χ1) is 17.5. The Balaban J connectivity index is 1.45. The van der Waals surface area contributed by atoms with Gasteiger partial charge in [0.15, 0.2) is 17.3 Å². The molecule has 2 aliphatic rings. The highest BCUT2D eigenvalue weighted by molar-refractivity contribution is 5.84. The van der Waals surface area contributed by atoms with Crippen molar-refractivity contribution >= 4 is 17.0 Å². The lowest BCUT2D eigenvalue weighted by molar-refractivity contribution is -0.286. The number of imidazole rings is 1. The molecule has 0 spiro atoms. The number of benzene rings is 1. The zero-order valence-electron chi connectivity index (χ0n) is 21.4. The molecular weight excluding hydrogens is 484 g/mol. The Bertz CT molecular complexity index is 1460. The minimum absolute atomic E-state index is 0.0222. The maximum atomic E-state index is 13.5. The number of nitriles is 1. The summed E-state index contributed by atoms with van der Waals surface area (Å²) >= 11 is 0. The molecule has 3 atom stereocenters. The third-order valence-electron chi connectivity index (χ3n) is 7.30. The lowest BCUT2D eigenvalue weighted by Gasteiger charge is -2.47. The van der Waals surface area contributed by atoms with Gasteiger partial charge in [-0.1, -0.05) is 6.07 Å². The summed E-state index contributed by atoms with van der Waals surface area (Å²) in [6, 6.07) is 6.98. The van der Waals surface area contributed by atoms with Crippen molar-refractivity contribution in [3.63, 3.8) is 0 Å². The van der Waals surface area contributed by atoms with Gasteiger partial charge < -0.3 is 18.9 Å². The smallest absolute Gasteiger partial charge is 0.395 e. The second-order valence-electron chi connectivity index (χ2n) is 9.65. The molecule has 4 heterocycles. The average molecular weight is 514 g/mol. The first-order valence-electron chi connectivity index (χ1n) is 12.3. The molecule has 5 rings (SSSR count). The highest BCUT2D eigenvalue weighted by Crippen LogP contribution is 2.43. The van der Waals surface area contributed by atoms with Crippen molar-refractivity contribution in [1.82, 2.24) is 24.0 Å². The van der Waals surface area contributed by atoms with Crippen molar-refractivity contribution in [1.29, 1.82) is 5.26 Å². The first-order valence-corrected chi connectivity index (χ1v) is 12.3. The van der Waals surface area contributed by atoms with Crippen LogP contribution < -0.4 is 20.1 Å². The van der Waals surface area contributed by atoms with Crippen molar-refractivity contribution in [2.75, 3.05) is 18.0 Å². The summed E-state index contributed by atoms with van der Waals surface area (Å²) < 4.78 is 39.5. The third-order valence-corrected chi connectivity index (χ3v) is 7.30. The topological polar surface area (TPSA) is 101 Å². The van der Waals surface area contributed by atoms with Crippen LogP contribution in [0.5, 0.6) is 11.5 Å². The summed E-state index contributed by atoms with van der Waals surface area (Å²) in [6.07, 6.45) is -3.52. The van der Waals surface area contributed by atoms with Crippen LogP contribution in [-0.2, 0) is 20.0 Å². The number of fused-ring (bicyclic) bond motifs is 2. The fourth-order valence-corrected chi connectivity index (χ4v) is 5.43. The number of ether oxygens (including phenoxy) is 2. The van der Waals surface area contributed by atoms with Crippen LogP contribution in [0.3, 0.4) is 0 Å². The second kappa shape index (κ2) is 8.99. The van der Waals surface area contributed by atoms with E-state index in [1.165, 1.54) is 10.6 Å². The summed E-state index contributed by atoms with van der Waals surface area (Å²) in [5.41, 5.74) is 1.71. The maximum absolute atomic E-state index is 13.5. The van der Waals surface area contributed by atoms with E-state index in [0.717, 1.165) is 5.56 Å². The Labute approximate surface area is 212 Å². The summed E-state index contributed by atoms with van der Waals surface area (Å²) in [4.78, 5) is 26.4. The molecule has 3 aromatic rings. The number of halogens is 2. The Morgan fingerprint density at radius 1 is 1.19 bits per heavy atom. The lowest BCUT2D eigenvalue weighted by atomic mass is 10.0. The molecule has 37 heavy (non-hydrogen) atoms. The molecule has 1 unspecified atom stereocenters. The van der Waals surface area contributed by atoms with Gasteiger partial charge >= 0.3 is 12.0 Å². The minimum Gasteiger partial charge on any atom is -0.395 e. The molecule has 2 aliphatic heterocycles. The highest BCUT2D eigenvalue weighted by Gasteiger charge is 2.44. The molecule has 2 aromatic heterocycles. The van der Waals surface area contributed by atoms with Crippen molar-refractivity contribution in [3.05, 3.63) is 40.1 Å². The first kappa shape index (κ1) is 25.0. The van der Waals surface area contributed by atoms with Crippen LogP contribution in [0.15, 0.2) is 23.0 Å². The normalized spacial score (nSPS) is 21.8. The van der Waals surface area contributed by atoms with Gasteiger partial charge in [-0.15, -0.1) is 8.78 Å². The maximum Gasteiger partial charge on any atom is 0.586 e. The van der Waals surface area contributed by atoms with E-state index in [1.54, 1.807) is 19.2 Å². The van der Waals surface area contributed by atoms with Gasteiger partial charge in [-0.2, -0.15) is 10.2 Å². The number of anilines is 1. The zero-order chi connectivity index (χ0) is 26.6. The van der Waals surface area contributed by atoms with E-state index in [1.807, 2.05) is 18.4 Å². The van der Waals surface area contributed by atoms with E-state index in [0.29, 0.717) is 42.4 Å². The van der Waals surface area contributed by atoms with Crippen LogP contribution in [0.25, 0.3) is 11.2 Å². The number of piperazine rings is 1. The van der Waals surface area contributed by atoms with Gasteiger partial charge in [0.1, 0.15) is 17.0 Å². The number of hydrogen-bond donors (Lipinski definition) is 0. The number of aryl methyl sites for hydroxylation is 2. The highest BCUT2D eigenvalue weighted by atomic mass is 19.3. The van der Waals surface area contributed by atoms with Crippen LogP contribution in [0.2, 0.25) is 0 Å². The average Bonchev–Trinajstić information content (AvgIpc) is 3.37. The Hall–Kier alpha value is -3.72. The molecule has 0 aliphatic carbocycles. The largest absolute Gasteiger partial charge is 0.586 e. The Kier molecular flexibility index (Phi) is 6.06. The molecular formula is C25H29F2N7O3. The van der Waals surface area contributed by atoms with Crippen LogP contribution in [0.4, 0.5) is 14.6 Å². The fourth-order valence-electron chi connectivity index (χ4n) is 5.43. The van der Waals surface area contributed by atoms with Crippen molar-refractivity contribution in [2.45, 2.75) is 65.1 Å². The molecule has 12 heteroatoms. The van der Waals surface area contributed by atoms with Crippen molar-refractivity contribution < 1.29 is 18.3 Å². The van der Waals surface area contributed by atoms with Crippen LogP contribution in [-0.4, -0.2) is 55.5 Å². The van der Waals surface area contributed by atoms with Crippen LogP contribution >= 0.6 is 0 Å². The number of rotatable bonds is 5. The summed E-state index contributed by atoms with van der Waals surface area (Å²) in [6.45, 7) is 9.92. The fraction of sp³-hybridized carbons (Fsp3) is 0.520. The Morgan fingerprint density at radius 3 is 2.62 bits per heavy atom. The third kappa shape index (κ3) is 4.17. The molecule has 1 fully saturated rings. The number of alkyl halides is 2. The van der Waals surface area contributed by atoms with E-state index >= 15 is 0 Å². The molecule has 196 valence electrons. The van der Waals surface area contributed by atoms with E-state index in [4.69, 9.17) is 4.98 Å². The van der Waals surface area contributed by atoms with Gasteiger partial charge in [0.2, 0.25) is 0 Å². The molecule has 0 bridgehead atoms. The zero-order valence-corrected chi connectivity index (χ0v) is 21.4. The molecule has 10 nitrogen and oxygen atoms in total. The van der Waals surface area contributed by atoms with Crippen LogP contribution in [0, 0.1) is 11.3 Å². The molecule has 0 radical (unpaired) electrons. The SMILES string of the molecule is CCn1c(CC#N)nc2c(N3C[C@@H](C)N(C(C)c4ccc5c(c4)OC(F)(F)O5)C[C@@H]3C)nc(=O)n(C)c21. The molecule has 0 N–H and O–H groups in total. The van der Waals surface area contributed by atoms with Gasteiger partial charge in [0.25, 0.3) is 0 Å². The molecule has 0 amide bonds. The van der Waals surface area contributed by atoms with E-state index in [9.17, 15) is 18.8 Å². The molecule has 1 saturated heterocycles. The second-order valence-corrected chi connectivity index (χ2v) is 9.65. The summed E-state index contributed by atoms with van der Waals surface area (Å²) in [7, 11) is 1.67. The predicted octanol–water partition coefficient (Wildman–Crippen LogP) is 3.20. The van der Waals surface area contributed by atoms with Crippen LogP contribution in [0.1, 0.15) is 45.1 Å².